The topological polar surface area (TPSA) is 30.9 Å². The molecule has 0 saturated heterocycles. The molecular weight excluding hydrogens is 232 g/mol. The molecule has 0 aliphatic heterocycles. The Morgan fingerprint density at radius 3 is 2.59 bits per heavy atom. The molecule has 17 heavy (non-hydrogen) atoms. The van der Waals surface area contributed by atoms with Crippen molar-refractivity contribution in [3.63, 3.8) is 0 Å². The van der Waals surface area contributed by atoms with Crippen LogP contribution in [0.25, 0.3) is 10.9 Å². The normalized spacial score (nSPS) is 13.5. The Kier molecular flexibility index (Phi) is 3.45. The van der Waals surface area contributed by atoms with Gasteiger partial charge in [0.25, 0.3) is 0 Å². The Bertz CT molecular complexity index is 526. The van der Waals surface area contributed by atoms with Crippen LogP contribution in [0.4, 0.5) is 0 Å². The predicted octanol–water partition coefficient (Wildman–Crippen LogP) is 3.77. The van der Waals surface area contributed by atoms with Crippen molar-refractivity contribution < 1.29 is 0 Å². The van der Waals surface area contributed by atoms with Crippen LogP contribution in [0.1, 0.15) is 32.5 Å². The lowest BCUT2D eigenvalue weighted by atomic mass is 10.2. The molecule has 0 bridgehead atoms. The number of hydrogen-bond acceptors (Lipinski definition) is 1. The van der Waals surface area contributed by atoms with Gasteiger partial charge in [0.2, 0.25) is 0 Å². The van der Waals surface area contributed by atoms with Crippen molar-refractivity contribution in [1.29, 1.82) is 0 Å². The van der Waals surface area contributed by atoms with Crippen molar-refractivity contribution in [3.8, 4) is 0 Å². The molecule has 1 atom stereocenters. The van der Waals surface area contributed by atoms with Gasteiger partial charge in [-0.2, -0.15) is 0 Å². The fourth-order valence-corrected chi connectivity index (χ4v) is 2.65. The number of rotatable bonds is 3. The molecule has 2 aromatic rings. The molecule has 0 aliphatic rings. The molecule has 0 aliphatic carbocycles. The van der Waals surface area contributed by atoms with Gasteiger partial charge in [-0.15, -0.1) is 0 Å². The van der Waals surface area contributed by atoms with Gasteiger partial charge < -0.3 is 10.3 Å². The lowest BCUT2D eigenvalue weighted by molar-refractivity contribution is 0.576. The number of benzene rings is 1. The van der Waals surface area contributed by atoms with Crippen LogP contribution in [0.3, 0.4) is 0 Å². The predicted molar refractivity (Wildman–Crippen MR) is 74.7 cm³/mol. The monoisotopic (exact) mass is 250 g/mol. The first-order valence-corrected chi connectivity index (χ1v) is 6.42. The summed E-state index contributed by atoms with van der Waals surface area (Å²) < 4.78 is 2.29. The molecule has 1 heterocycles. The lowest BCUT2D eigenvalue weighted by Gasteiger charge is -2.16. The maximum Gasteiger partial charge on any atom is 0.0674 e. The van der Waals surface area contributed by atoms with Crippen molar-refractivity contribution in [2.75, 3.05) is 0 Å². The zero-order valence-corrected chi connectivity index (χ0v) is 11.3. The van der Waals surface area contributed by atoms with Crippen molar-refractivity contribution in [2.45, 2.75) is 39.3 Å². The lowest BCUT2D eigenvalue weighted by Crippen LogP contribution is -2.20. The average Bonchev–Trinajstić information content (AvgIpc) is 2.56. The van der Waals surface area contributed by atoms with E-state index in [2.05, 4.69) is 30.5 Å². The Hall–Kier alpha value is -0.990. The van der Waals surface area contributed by atoms with E-state index in [4.69, 9.17) is 17.3 Å². The van der Waals surface area contributed by atoms with Crippen LogP contribution in [-0.4, -0.2) is 10.6 Å². The number of hydrogen-bond donors (Lipinski definition) is 1. The summed E-state index contributed by atoms with van der Waals surface area (Å²) in [5, 5.41) is 2.01. The zero-order chi connectivity index (χ0) is 12.6. The van der Waals surface area contributed by atoms with Crippen LogP contribution >= 0.6 is 11.6 Å². The van der Waals surface area contributed by atoms with Crippen LogP contribution < -0.4 is 5.73 Å². The number of para-hydroxylation sites is 1. The maximum atomic E-state index is 6.30. The van der Waals surface area contributed by atoms with Crippen LogP contribution in [0.5, 0.6) is 0 Å². The number of nitrogens with zero attached hydrogens (tertiary/aromatic N) is 1. The Morgan fingerprint density at radius 2 is 2.00 bits per heavy atom. The number of halogens is 1. The quantitative estimate of drug-likeness (QED) is 0.884. The average molecular weight is 251 g/mol. The molecule has 0 saturated carbocycles. The SMILES string of the molecule is CC(N)Cc1cc2cccc(Cl)c2n1C(C)C. The van der Waals surface area contributed by atoms with Gasteiger partial charge in [0.1, 0.15) is 0 Å². The molecule has 2 N–H and O–H groups in total. The van der Waals surface area contributed by atoms with Crippen LogP contribution in [0.2, 0.25) is 5.02 Å². The highest BCUT2D eigenvalue weighted by Crippen LogP contribution is 2.30. The van der Waals surface area contributed by atoms with E-state index in [-0.39, 0.29) is 6.04 Å². The largest absolute Gasteiger partial charge is 0.341 e. The van der Waals surface area contributed by atoms with Gasteiger partial charge in [-0.25, -0.2) is 0 Å². The minimum absolute atomic E-state index is 0.163. The molecule has 1 aromatic heterocycles. The van der Waals surface area contributed by atoms with Crippen molar-refractivity contribution >= 4 is 22.5 Å². The first-order chi connectivity index (χ1) is 8.00. The Morgan fingerprint density at radius 1 is 1.29 bits per heavy atom. The first kappa shape index (κ1) is 12.5. The Labute approximate surface area is 107 Å². The minimum Gasteiger partial charge on any atom is -0.341 e. The number of fused-ring (bicyclic) bond motifs is 1. The molecular formula is C14H19ClN2. The fourth-order valence-electron chi connectivity index (χ4n) is 2.37. The van der Waals surface area contributed by atoms with Crippen molar-refractivity contribution in [1.82, 2.24) is 4.57 Å². The van der Waals surface area contributed by atoms with Crippen molar-refractivity contribution in [3.05, 3.63) is 35.0 Å². The summed E-state index contributed by atoms with van der Waals surface area (Å²) in [4.78, 5) is 0. The molecule has 0 amide bonds. The van der Waals surface area contributed by atoms with E-state index < -0.39 is 0 Å². The minimum atomic E-state index is 0.163. The summed E-state index contributed by atoms with van der Waals surface area (Å²) in [6.07, 6.45) is 0.878. The summed E-state index contributed by atoms with van der Waals surface area (Å²) in [6, 6.07) is 8.79. The van der Waals surface area contributed by atoms with Gasteiger partial charge in [0.15, 0.2) is 0 Å². The second-order valence-corrected chi connectivity index (χ2v) is 5.37. The standard InChI is InChI=1S/C14H19ClN2/c1-9(2)17-12(7-10(3)16)8-11-5-4-6-13(15)14(11)17/h4-6,8-10H,7,16H2,1-3H3. The summed E-state index contributed by atoms with van der Waals surface area (Å²) >= 11 is 6.30. The second-order valence-electron chi connectivity index (χ2n) is 4.96. The van der Waals surface area contributed by atoms with Crippen LogP contribution in [-0.2, 0) is 6.42 Å². The molecule has 0 spiro atoms. The molecule has 92 valence electrons. The highest BCUT2D eigenvalue weighted by Gasteiger charge is 2.14. The third-order valence-corrected chi connectivity index (χ3v) is 3.24. The number of nitrogens with two attached hydrogens (primary N) is 1. The zero-order valence-electron chi connectivity index (χ0n) is 10.6. The summed E-state index contributed by atoms with van der Waals surface area (Å²) in [5.41, 5.74) is 8.29. The molecule has 2 nitrogen and oxygen atoms in total. The fraction of sp³-hybridized carbons (Fsp3) is 0.429. The van der Waals surface area contributed by atoms with E-state index in [0.717, 1.165) is 17.0 Å². The van der Waals surface area contributed by atoms with Gasteiger partial charge in [0.05, 0.1) is 10.5 Å². The highest BCUT2D eigenvalue weighted by atomic mass is 35.5. The van der Waals surface area contributed by atoms with E-state index in [1.165, 1.54) is 11.1 Å². The molecule has 2 rings (SSSR count). The summed E-state index contributed by atoms with van der Waals surface area (Å²) in [6.45, 7) is 6.38. The van der Waals surface area contributed by atoms with Gasteiger partial charge in [0, 0.05) is 29.6 Å². The third-order valence-electron chi connectivity index (χ3n) is 2.94. The van der Waals surface area contributed by atoms with Crippen LogP contribution in [0, 0.1) is 0 Å². The van der Waals surface area contributed by atoms with E-state index >= 15 is 0 Å². The van der Waals surface area contributed by atoms with E-state index in [0.29, 0.717) is 6.04 Å². The first-order valence-electron chi connectivity index (χ1n) is 6.04. The van der Waals surface area contributed by atoms with Gasteiger partial charge in [-0.3, -0.25) is 0 Å². The summed E-state index contributed by atoms with van der Waals surface area (Å²) in [5.74, 6) is 0. The Balaban J connectivity index is 2.67. The second kappa shape index (κ2) is 4.71. The van der Waals surface area contributed by atoms with E-state index in [1.807, 2.05) is 19.1 Å². The van der Waals surface area contributed by atoms with Gasteiger partial charge >= 0.3 is 0 Å². The van der Waals surface area contributed by atoms with E-state index in [1.54, 1.807) is 0 Å². The number of aromatic nitrogens is 1. The molecule has 0 fully saturated rings. The van der Waals surface area contributed by atoms with Gasteiger partial charge in [-0.1, -0.05) is 23.7 Å². The third kappa shape index (κ3) is 2.33. The maximum absolute atomic E-state index is 6.30. The van der Waals surface area contributed by atoms with Crippen molar-refractivity contribution in [2.24, 2.45) is 5.73 Å². The smallest absolute Gasteiger partial charge is 0.0674 e. The summed E-state index contributed by atoms with van der Waals surface area (Å²) in [7, 11) is 0. The molecule has 3 heteroatoms. The molecule has 0 radical (unpaired) electrons. The van der Waals surface area contributed by atoms with E-state index in [9.17, 15) is 0 Å². The van der Waals surface area contributed by atoms with Gasteiger partial charge in [-0.05, 0) is 32.9 Å². The molecule has 1 unspecified atom stereocenters. The highest BCUT2D eigenvalue weighted by molar-refractivity contribution is 6.35. The van der Waals surface area contributed by atoms with Crippen LogP contribution in [0.15, 0.2) is 24.3 Å². The molecule has 1 aromatic carbocycles.